The summed E-state index contributed by atoms with van der Waals surface area (Å²) in [6.45, 7) is 0.621. The van der Waals surface area contributed by atoms with Crippen molar-refractivity contribution < 1.29 is 19.1 Å². The Kier molecular flexibility index (Phi) is 7.76. The highest BCUT2D eigenvalue weighted by atomic mass is 35.5. The number of carbonyl (C=O) groups excluding carboxylic acids is 2. The average molecular weight is 453 g/mol. The number of benzene rings is 3. The Bertz CT molecular complexity index is 1130. The van der Waals surface area contributed by atoms with Crippen molar-refractivity contribution in [1.82, 2.24) is 0 Å². The van der Waals surface area contributed by atoms with Gasteiger partial charge < -0.3 is 15.3 Å². The molecule has 3 aromatic carbocycles. The molecule has 32 heavy (non-hydrogen) atoms. The molecule has 0 unspecified atom stereocenters. The summed E-state index contributed by atoms with van der Waals surface area (Å²) in [5, 5.41) is 11.7. The van der Waals surface area contributed by atoms with Crippen LogP contribution in [0.2, 0.25) is 5.02 Å². The third kappa shape index (κ3) is 6.03. The van der Waals surface area contributed by atoms with Crippen LogP contribution in [0.4, 0.5) is 15.8 Å². The molecule has 5 nitrogen and oxygen atoms in total. The minimum Gasteiger partial charge on any atom is -0.395 e. The number of aliphatic hydroxyl groups excluding tert-OH is 1. The predicted molar refractivity (Wildman–Crippen MR) is 126 cm³/mol. The molecule has 7 heteroatoms. The highest BCUT2D eigenvalue weighted by Crippen LogP contribution is 2.20. The summed E-state index contributed by atoms with van der Waals surface area (Å²) in [7, 11) is 1.89. The SMILES string of the molecule is CN(CCO)c1ccc(/C=C/C(=O)c2ccc(NC(=O)c3ccc(F)cc3Cl)cc2)cc1. The maximum absolute atomic E-state index is 13.1. The number of hydrogen-bond acceptors (Lipinski definition) is 4. The van der Waals surface area contributed by atoms with Gasteiger partial charge in [-0.3, -0.25) is 9.59 Å². The molecule has 1 amide bonds. The van der Waals surface area contributed by atoms with Crippen LogP contribution in [0.15, 0.2) is 72.8 Å². The fourth-order valence-corrected chi connectivity index (χ4v) is 3.23. The van der Waals surface area contributed by atoms with Gasteiger partial charge in [-0.05, 0) is 66.2 Å². The van der Waals surface area contributed by atoms with Crippen molar-refractivity contribution in [3.8, 4) is 0 Å². The molecule has 0 bridgehead atoms. The van der Waals surface area contributed by atoms with Crippen LogP contribution >= 0.6 is 11.6 Å². The van der Waals surface area contributed by atoms with Gasteiger partial charge in [-0.2, -0.15) is 0 Å². The van der Waals surface area contributed by atoms with E-state index in [4.69, 9.17) is 16.7 Å². The Labute approximate surface area is 190 Å². The first-order valence-corrected chi connectivity index (χ1v) is 10.3. The number of ketones is 1. The number of aliphatic hydroxyl groups is 1. The van der Waals surface area contributed by atoms with Gasteiger partial charge in [0.2, 0.25) is 0 Å². The van der Waals surface area contributed by atoms with E-state index in [-0.39, 0.29) is 23.0 Å². The zero-order valence-electron chi connectivity index (χ0n) is 17.4. The van der Waals surface area contributed by atoms with Gasteiger partial charge >= 0.3 is 0 Å². The molecule has 0 saturated carbocycles. The lowest BCUT2D eigenvalue weighted by Crippen LogP contribution is -2.20. The van der Waals surface area contributed by atoms with E-state index in [2.05, 4.69) is 5.32 Å². The topological polar surface area (TPSA) is 69.6 Å². The second-order valence-corrected chi connectivity index (χ2v) is 7.50. The molecule has 0 fully saturated rings. The van der Waals surface area contributed by atoms with E-state index in [0.717, 1.165) is 23.4 Å². The summed E-state index contributed by atoms with van der Waals surface area (Å²) >= 11 is 5.92. The first-order chi connectivity index (χ1) is 15.4. The molecule has 0 aromatic heterocycles. The zero-order valence-corrected chi connectivity index (χ0v) is 18.1. The molecule has 0 radical (unpaired) electrons. The van der Waals surface area contributed by atoms with Gasteiger partial charge in [-0.1, -0.05) is 29.8 Å². The van der Waals surface area contributed by atoms with E-state index in [1.807, 2.05) is 36.2 Å². The molecule has 0 heterocycles. The lowest BCUT2D eigenvalue weighted by Gasteiger charge is -2.17. The van der Waals surface area contributed by atoms with Crippen LogP contribution in [0, 0.1) is 5.82 Å². The smallest absolute Gasteiger partial charge is 0.257 e. The standard InChI is InChI=1S/C25H22ClFN2O3/c1-29(14-15-30)21-10-2-17(3-11-21)4-13-24(31)18-5-8-20(9-6-18)28-25(32)22-12-7-19(27)16-23(22)26/h2-13,16,30H,14-15H2,1H3,(H,28,32)/b13-4+. The van der Waals surface area contributed by atoms with Crippen molar-refractivity contribution in [2.24, 2.45) is 0 Å². The van der Waals surface area contributed by atoms with Crippen molar-refractivity contribution in [2.75, 3.05) is 30.4 Å². The molecule has 0 saturated heterocycles. The number of nitrogens with one attached hydrogen (secondary N) is 1. The number of allylic oxidation sites excluding steroid dienone is 1. The first kappa shape index (κ1) is 23.2. The molecule has 3 rings (SSSR count). The summed E-state index contributed by atoms with van der Waals surface area (Å²) < 4.78 is 13.1. The summed E-state index contributed by atoms with van der Waals surface area (Å²) in [4.78, 5) is 26.7. The van der Waals surface area contributed by atoms with Gasteiger partial charge in [0.1, 0.15) is 5.82 Å². The molecule has 0 aliphatic carbocycles. The number of hydrogen-bond donors (Lipinski definition) is 2. The molecule has 0 aliphatic heterocycles. The summed E-state index contributed by atoms with van der Waals surface area (Å²) in [6.07, 6.45) is 3.21. The van der Waals surface area contributed by atoms with Gasteiger partial charge in [0.05, 0.1) is 17.2 Å². The number of nitrogens with zero attached hydrogens (tertiary/aromatic N) is 1. The van der Waals surface area contributed by atoms with E-state index in [9.17, 15) is 14.0 Å². The molecule has 2 N–H and O–H groups in total. The summed E-state index contributed by atoms with van der Waals surface area (Å²) in [6, 6.07) is 17.6. The van der Waals surface area contributed by atoms with Crippen LogP contribution in [0.5, 0.6) is 0 Å². The Balaban J connectivity index is 1.61. The van der Waals surface area contributed by atoms with Crippen LogP contribution < -0.4 is 10.2 Å². The van der Waals surface area contributed by atoms with Gasteiger partial charge in [-0.15, -0.1) is 0 Å². The maximum atomic E-state index is 13.1. The Morgan fingerprint density at radius 2 is 1.75 bits per heavy atom. The number of carbonyl (C=O) groups is 2. The molecule has 0 spiro atoms. The highest BCUT2D eigenvalue weighted by molar-refractivity contribution is 6.34. The number of amides is 1. The van der Waals surface area contributed by atoms with Crippen molar-refractivity contribution in [1.29, 1.82) is 0 Å². The Morgan fingerprint density at radius 1 is 1.06 bits per heavy atom. The molecule has 0 atom stereocenters. The maximum Gasteiger partial charge on any atom is 0.257 e. The monoisotopic (exact) mass is 452 g/mol. The van der Waals surface area contributed by atoms with Crippen LogP contribution in [0.25, 0.3) is 6.08 Å². The zero-order chi connectivity index (χ0) is 23.1. The summed E-state index contributed by atoms with van der Waals surface area (Å²) in [5.74, 6) is -1.17. The second kappa shape index (κ2) is 10.7. The Morgan fingerprint density at radius 3 is 2.38 bits per heavy atom. The molecule has 164 valence electrons. The molecule has 0 aliphatic rings. The number of rotatable bonds is 8. The third-order valence-corrected chi connectivity index (χ3v) is 5.11. The van der Waals surface area contributed by atoms with E-state index in [1.54, 1.807) is 30.3 Å². The lowest BCUT2D eigenvalue weighted by molar-refractivity contribution is 0.102. The van der Waals surface area contributed by atoms with Crippen molar-refractivity contribution >= 4 is 40.7 Å². The minimum absolute atomic E-state index is 0.0208. The van der Waals surface area contributed by atoms with Crippen LogP contribution in [-0.2, 0) is 0 Å². The molecular weight excluding hydrogens is 431 g/mol. The average Bonchev–Trinajstić information content (AvgIpc) is 2.78. The van der Waals surface area contributed by atoms with Crippen LogP contribution in [0.3, 0.4) is 0 Å². The quantitative estimate of drug-likeness (QED) is 0.370. The Hall–Kier alpha value is -3.48. The van der Waals surface area contributed by atoms with Gasteiger partial charge in [0, 0.05) is 30.5 Å². The van der Waals surface area contributed by atoms with Crippen LogP contribution in [0.1, 0.15) is 26.3 Å². The molecule has 3 aromatic rings. The number of anilines is 2. The fourth-order valence-electron chi connectivity index (χ4n) is 2.98. The van der Waals surface area contributed by atoms with E-state index in [1.165, 1.54) is 12.1 Å². The van der Waals surface area contributed by atoms with E-state index in [0.29, 0.717) is 17.8 Å². The lowest BCUT2D eigenvalue weighted by atomic mass is 10.1. The normalized spacial score (nSPS) is 10.9. The van der Waals surface area contributed by atoms with Crippen LogP contribution in [-0.4, -0.2) is 37.0 Å². The van der Waals surface area contributed by atoms with Crippen molar-refractivity contribution in [3.05, 3.63) is 100 Å². The van der Waals surface area contributed by atoms with Gasteiger partial charge in [0.15, 0.2) is 5.78 Å². The van der Waals surface area contributed by atoms with Crippen molar-refractivity contribution in [3.63, 3.8) is 0 Å². The fraction of sp³-hybridized carbons (Fsp3) is 0.120. The third-order valence-electron chi connectivity index (χ3n) is 4.80. The molecular formula is C25H22ClFN2O3. The second-order valence-electron chi connectivity index (χ2n) is 7.09. The first-order valence-electron chi connectivity index (χ1n) is 9.88. The number of likely N-dealkylation sites (N-methyl/N-ethyl adjacent to an activating group) is 1. The number of halogens is 2. The van der Waals surface area contributed by atoms with E-state index < -0.39 is 11.7 Å². The summed E-state index contributed by atoms with van der Waals surface area (Å²) in [5.41, 5.74) is 2.96. The minimum atomic E-state index is -0.521. The predicted octanol–water partition coefficient (Wildman–Crippen LogP) is 5.06. The van der Waals surface area contributed by atoms with Gasteiger partial charge in [-0.25, -0.2) is 4.39 Å². The van der Waals surface area contributed by atoms with E-state index >= 15 is 0 Å². The highest BCUT2D eigenvalue weighted by Gasteiger charge is 2.12. The van der Waals surface area contributed by atoms with Gasteiger partial charge in [0.25, 0.3) is 5.91 Å². The largest absolute Gasteiger partial charge is 0.395 e. The van der Waals surface area contributed by atoms with Crippen molar-refractivity contribution in [2.45, 2.75) is 0 Å².